The molecule has 0 spiro atoms. The molecule has 0 saturated carbocycles. The number of hydrogen-bond donors (Lipinski definition) is 2. The molecule has 0 aliphatic carbocycles. The number of epoxide rings is 1. The Morgan fingerprint density at radius 2 is 0.923 bits per heavy atom. The van der Waals surface area contributed by atoms with Gasteiger partial charge in [-0.2, -0.15) is 52.7 Å². The average molecular weight is 695 g/mol. The van der Waals surface area contributed by atoms with Gasteiger partial charge >= 0.3 is 42.1 Å². The van der Waals surface area contributed by atoms with E-state index in [1.165, 1.54) is 0 Å². The number of likely N-dealkylation sites (N-methyl/N-ethyl adjacent to an activating group) is 1. The van der Waals surface area contributed by atoms with Crippen LogP contribution in [0.3, 0.4) is 0 Å². The summed E-state index contributed by atoms with van der Waals surface area (Å²) in [5, 5.41) is 0. The van der Waals surface area contributed by atoms with Crippen molar-refractivity contribution in [2.45, 2.75) is 28.1 Å². The van der Waals surface area contributed by atoms with Gasteiger partial charge in [-0.3, -0.25) is 0 Å². The Balaban J connectivity index is -0.000000513. The van der Waals surface area contributed by atoms with Crippen LogP contribution in [0.4, 0.5) is 52.7 Å². The summed E-state index contributed by atoms with van der Waals surface area (Å²) in [6.07, 6.45) is 0.565. The van der Waals surface area contributed by atoms with Gasteiger partial charge in [0.05, 0.1) is 27.7 Å². The van der Waals surface area contributed by atoms with Gasteiger partial charge in [0, 0.05) is 0 Å². The number of quaternary nitrogens is 1. The monoisotopic (exact) mass is 694 g/mol. The molecule has 39 heavy (non-hydrogen) atoms. The normalized spacial score (nSPS) is 17.6. The number of hydrogen-bond acceptors (Lipinski definition) is 10. The first-order valence-electron chi connectivity index (χ1n) is 8.19. The van der Waals surface area contributed by atoms with Crippen LogP contribution in [0.1, 0.15) is 0 Å². The van der Waals surface area contributed by atoms with Gasteiger partial charge in [-0.15, -0.1) is 0 Å². The Labute approximate surface area is 212 Å². The lowest BCUT2D eigenvalue weighted by atomic mass is 10.4. The Morgan fingerprint density at radius 1 is 0.667 bits per heavy atom. The van der Waals surface area contributed by atoms with Gasteiger partial charge < -0.3 is 19.5 Å². The standard InChI is InChI=1S/C6H14NO.C2HF6NO4S2.C2F6NO4S2.H3N/c1-7(2,3)4-6-5-8-6;2*3-1(4,5)14(10,11)9-15(12,13)2(6,7)8;/h6H,4-5H2,1-3H3;9H;;1H3/q+1;;-1;. The summed E-state index contributed by atoms with van der Waals surface area (Å²) in [5.74, 6) is 0. The van der Waals surface area contributed by atoms with E-state index >= 15 is 0 Å². The third-order valence-electron chi connectivity index (χ3n) is 2.76. The van der Waals surface area contributed by atoms with Crippen molar-refractivity contribution in [3.05, 3.63) is 4.13 Å². The maximum Gasteiger partial charge on any atom is 0.512 e. The first-order valence-corrected chi connectivity index (χ1v) is 14.0. The van der Waals surface area contributed by atoms with Gasteiger partial charge in [-0.1, -0.05) is 4.13 Å². The largest absolute Gasteiger partial charge is 0.512 e. The SMILES string of the molecule is C[N+](C)(C)CC1CO1.N.O=S(=O)(NS(=O)(=O)C(F)(F)F)C(F)(F)F.O=S(=O)([N-]S(=O)(=O)C(F)(F)F)C(F)(F)F. The first-order chi connectivity index (χ1) is 16.0. The van der Waals surface area contributed by atoms with Crippen molar-refractivity contribution in [2.75, 3.05) is 34.3 Å². The lowest BCUT2D eigenvalue weighted by molar-refractivity contribution is -0.870. The van der Waals surface area contributed by atoms with E-state index < -0.39 is 66.3 Å². The Bertz CT molecular complexity index is 1060. The fourth-order valence-corrected chi connectivity index (χ4v) is 4.86. The molecule has 1 rings (SSSR count). The maximum atomic E-state index is 11.5. The number of nitrogens with one attached hydrogen (secondary N) is 1. The minimum absolute atomic E-state index is 0. The quantitative estimate of drug-likeness (QED) is 0.233. The Morgan fingerprint density at radius 3 is 1.05 bits per heavy atom. The Hall–Kier alpha value is -1.24. The van der Waals surface area contributed by atoms with Crippen molar-refractivity contribution in [3.63, 3.8) is 0 Å². The highest BCUT2D eigenvalue weighted by atomic mass is 32.3. The number of alkyl halides is 12. The molecule has 0 amide bonds. The van der Waals surface area contributed by atoms with Gasteiger partial charge in [0.25, 0.3) is 0 Å². The van der Waals surface area contributed by atoms with Crippen LogP contribution in [0.25, 0.3) is 4.13 Å². The highest BCUT2D eigenvalue weighted by Crippen LogP contribution is 2.36. The number of ether oxygens (including phenoxy) is 1. The molecule has 0 bridgehead atoms. The van der Waals surface area contributed by atoms with E-state index in [-0.39, 0.29) is 6.15 Å². The molecule has 1 aliphatic rings. The van der Waals surface area contributed by atoms with Crippen LogP contribution in [0, 0.1) is 0 Å². The smallest absolute Gasteiger partial charge is 0.421 e. The summed E-state index contributed by atoms with van der Waals surface area (Å²) >= 11 is 0. The van der Waals surface area contributed by atoms with Crippen LogP contribution in [-0.2, 0) is 44.8 Å². The van der Waals surface area contributed by atoms with Crippen molar-refractivity contribution < 1.29 is 95.6 Å². The maximum absolute atomic E-state index is 11.5. The highest BCUT2D eigenvalue weighted by molar-refractivity contribution is 8.13. The lowest BCUT2D eigenvalue weighted by Gasteiger charge is -2.22. The van der Waals surface area contributed by atoms with Crippen LogP contribution >= 0.6 is 0 Å². The van der Waals surface area contributed by atoms with Crippen molar-refractivity contribution in [2.24, 2.45) is 0 Å². The number of rotatable bonds is 6. The summed E-state index contributed by atoms with van der Waals surface area (Å²) in [5.41, 5.74) is -24.7. The molecule has 1 aliphatic heterocycles. The van der Waals surface area contributed by atoms with Gasteiger partial charge in [-0.05, 0) is 0 Å². The van der Waals surface area contributed by atoms with E-state index in [0.29, 0.717) is 6.10 Å². The summed E-state index contributed by atoms with van der Waals surface area (Å²) in [7, 11) is -20.1. The third-order valence-corrected chi connectivity index (χ3v) is 8.48. The second-order valence-corrected chi connectivity index (χ2v) is 14.4. The second-order valence-electron chi connectivity index (χ2n) is 7.33. The molecule has 1 fully saturated rings. The number of sulfonamides is 4. The third kappa shape index (κ3) is 14.8. The van der Waals surface area contributed by atoms with Crippen LogP contribution in [0.5, 0.6) is 0 Å². The van der Waals surface area contributed by atoms with Crippen LogP contribution in [0.15, 0.2) is 0 Å². The molecule has 4 N–H and O–H groups in total. The zero-order valence-corrected chi connectivity index (χ0v) is 22.2. The lowest BCUT2D eigenvalue weighted by Crippen LogP contribution is -2.45. The van der Waals surface area contributed by atoms with E-state index in [1.807, 2.05) is 0 Å². The van der Waals surface area contributed by atoms with Gasteiger partial charge in [-0.25, -0.2) is 33.7 Å². The van der Waals surface area contributed by atoms with E-state index in [2.05, 4.69) is 21.1 Å². The van der Waals surface area contributed by atoms with E-state index in [1.54, 1.807) is 0 Å². The molecule has 1 saturated heterocycles. The molecule has 1 unspecified atom stereocenters. The zero-order chi connectivity index (χ0) is 31.6. The number of halogens is 12. The summed E-state index contributed by atoms with van der Waals surface area (Å²) < 4.78 is 224. The van der Waals surface area contributed by atoms with Crippen molar-refractivity contribution in [3.8, 4) is 0 Å². The zero-order valence-electron chi connectivity index (χ0n) is 18.9. The minimum Gasteiger partial charge on any atom is -0.421 e. The molecule has 0 radical (unpaired) electrons. The molecule has 1 heterocycles. The number of nitrogens with zero attached hydrogens (tertiary/aromatic N) is 2. The fourth-order valence-electron chi connectivity index (χ4n) is 1.24. The second kappa shape index (κ2) is 12.7. The molecule has 1 atom stereocenters. The molecule has 240 valence electrons. The Kier molecular flexibility index (Phi) is 13.8. The van der Waals surface area contributed by atoms with Gasteiger partial charge in [0.15, 0.2) is 20.0 Å². The summed E-state index contributed by atoms with van der Waals surface area (Å²) in [6, 6.07) is 0. The summed E-state index contributed by atoms with van der Waals surface area (Å²) in [4.78, 5) is 0. The van der Waals surface area contributed by atoms with Crippen LogP contribution in [0.2, 0.25) is 0 Å². The molecular weight excluding hydrogens is 676 g/mol. The van der Waals surface area contributed by atoms with E-state index in [9.17, 15) is 86.4 Å². The predicted molar refractivity (Wildman–Crippen MR) is 104 cm³/mol. The molecule has 29 heteroatoms. The molecule has 0 aromatic carbocycles. The van der Waals surface area contributed by atoms with Crippen LogP contribution < -0.4 is 10.3 Å². The molecule has 0 aromatic heterocycles. The van der Waals surface area contributed by atoms with Crippen molar-refractivity contribution in [1.29, 1.82) is 0 Å². The fraction of sp³-hybridized carbons (Fsp3) is 1.00. The van der Waals surface area contributed by atoms with Gasteiger partial charge in [0.1, 0.15) is 12.6 Å². The minimum atomic E-state index is -6.72. The summed E-state index contributed by atoms with van der Waals surface area (Å²) in [6.45, 7) is 2.13. The van der Waals surface area contributed by atoms with Crippen LogP contribution in [-0.4, -0.2) is 101 Å². The van der Waals surface area contributed by atoms with E-state index in [0.717, 1.165) is 21.8 Å². The average Bonchev–Trinajstić information content (AvgIpc) is 3.31. The predicted octanol–water partition coefficient (Wildman–Crippen LogP) is 1.59. The first kappa shape index (κ1) is 42.2. The van der Waals surface area contributed by atoms with Gasteiger partial charge in [0.2, 0.25) is 0 Å². The van der Waals surface area contributed by atoms with Crippen molar-refractivity contribution >= 4 is 40.1 Å². The molecule has 0 aromatic rings. The van der Waals surface area contributed by atoms with E-state index in [4.69, 9.17) is 4.74 Å². The van der Waals surface area contributed by atoms with Crippen molar-refractivity contribution in [1.82, 2.24) is 10.3 Å². The molecule has 13 nitrogen and oxygen atoms in total. The molecular formula is C10H18F12N4O9S4. The highest BCUT2D eigenvalue weighted by Gasteiger charge is 2.55. The topological polar surface area (TPSA) is 210 Å².